The number of nitrogens with one attached hydrogen (secondary N) is 2. The fourth-order valence-corrected chi connectivity index (χ4v) is 2.43. The van der Waals surface area contributed by atoms with Gasteiger partial charge in [-0.3, -0.25) is 19.5 Å². The van der Waals surface area contributed by atoms with E-state index in [4.69, 9.17) is 0 Å². The lowest BCUT2D eigenvalue weighted by Crippen LogP contribution is -2.31. The molecule has 0 saturated carbocycles. The Morgan fingerprint density at radius 3 is 2.71 bits per heavy atom. The second-order valence-corrected chi connectivity index (χ2v) is 5.46. The van der Waals surface area contributed by atoms with Gasteiger partial charge < -0.3 is 5.32 Å². The molecule has 0 bridgehead atoms. The Balaban J connectivity index is 1.76. The van der Waals surface area contributed by atoms with E-state index in [0.29, 0.717) is 16.6 Å². The third-order valence-corrected chi connectivity index (χ3v) is 3.63. The summed E-state index contributed by atoms with van der Waals surface area (Å²) in [7, 11) is 0. The molecule has 24 heavy (non-hydrogen) atoms. The smallest absolute Gasteiger partial charge is 0.273 e. The van der Waals surface area contributed by atoms with E-state index in [2.05, 4.69) is 15.4 Å². The highest BCUT2D eigenvalue weighted by Crippen LogP contribution is 2.06. The molecule has 2 N–H and O–H groups in total. The monoisotopic (exact) mass is 324 g/mol. The SMILES string of the molecule is Cc1ccnc(NC(=O)CCn2[nH]c(=O)c3ccccc3c2=O)c1. The van der Waals surface area contributed by atoms with Gasteiger partial charge in [-0.2, -0.15) is 0 Å². The van der Waals surface area contributed by atoms with Gasteiger partial charge in [-0.05, 0) is 36.8 Å². The molecule has 7 nitrogen and oxygen atoms in total. The van der Waals surface area contributed by atoms with Gasteiger partial charge in [-0.15, -0.1) is 0 Å². The van der Waals surface area contributed by atoms with E-state index in [1.807, 2.05) is 13.0 Å². The van der Waals surface area contributed by atoms with Crippen molar-refractivity contribution < 1.29 is 4.79 Å². The van der Waals surface area contributed by atoms with Crippen LogP contribution >= 0.6 is 0 Å². The highest BCUT2D eigenvalue weighted by molar-refractivity contribution is 5.89. The van der Waals surface area contributed by atoms with Crippen LogP contribution in [0.2, 0.25) is 0 Å². The summed E-state index contributed by atoms with van der Waals surface area (Å²) in [4.78, 5) is 40.4. The molecule has 3 aromatic rings. The molecule has 0 aliphatic carbocycles. The fourth-order valence-electron chi connectivity index (χ4n) is 2.43. The van der Waals surface area contributed by atoms with Gasteiger partial charge in [0, 0.05) is 12.6 Å². The van der Waals surface area contributed by atoms with E-state index < -0.39 is 0 Å². The summed E-state index contributed by atoms with van der Waals surface area (Å²) in [6.45, 7) is 1.98. The molecular formula is C17H16N4O3. The Hall–Kier alpha value is -3.22. The second-order valence-electron chi connectivity index (χ2n) is 5.46. The van der Waals surface area contributed by atoms with Crippen LogP contribution in [0.15, 0.2) is 52.2 Å². The number of rotatable bonds is 4. The number of hydrogen-bond acceptors (Lipinski definition) is 4. The van der Waals surface area contributed by atoms with Crippen molar-refractivity contribution in [3.63, 3.8) is 0 Å². The quantitative estimate of drug-likeness (QED) is 0.758. The minimum absolute atomic E-state index is 0.0454. The van der Waals surface area contributed by atoms with Crippen molar-refractivity contribution in [3.8, 4) is 0 Å². The lowest BCUT2D eigenvalue weighted by molar-refractivity contribution is -0.116. The average Bonchev–Trinajstić information content (AvgIpc) is 2.57. The van der Waals surface area contributed by atoms with Gasteiger partial charge in [0.25, 0.3) is 11.1 Å². The first-order chi connectivity index (χ1) is 11.5. The summed E-state index contributed by atoms with van der Waals surface area (Å²) < 4.78 is 1.16. The minimum atomic E-state index is -0.356. The second kappa shape index (κ2) is 6.49. The van der Waals surface area contributed by atoms with Crippen LogP contribution in [0.25, 0.3) is 10.8 Å². The molecule has 0 aliphatic heterocycles. The topological polar surface area (TPSA) is 96.8 Å². The number of fused-ring (bicyclic) bond motifs is 1. The number of aromatic nitrogens is 3. The Morgan fingerprint density at radius 2 is 1.96 bits per heavy atom. The van der Waals surface area contributed by atoms with Crippen molar-refractivity contribution in [2.24, 2.45) is 0 Å². The number of pyridine rings is 1. The molecule has 0 atom stereocenters. The number of aryl methyl sites for hydroxylation is 2. The molecule has 0 radical (unpaired) electrons. The van der Waals surface area contributed by atoms with Gasteiger partial charge in [0.05, 0.1) is 17.3 Å². The van der Waals surface area contributed by atoms with Crippen molar-refractivity contribution in [2.75, 3.05) is 5.32 Å². The van der Waals surface area contributed by atoms with Crippen LogP contribution in [-0.4, -0.2) is 20.7 Å². The average molecular weight is 324 g/mol. The van der Waals surface area contributed by atoms with Crippen LogP contribution in [-0.2, 0) is 11.3 Å². The highest BCUT2D eigenvalue weighted by atomic mass is 16.2. The number of hydrogen-bond donors (Lipinski definition) is 2. The Kier molecular flexibility index (Phi) is 4.24. The van der Waals surface area contributed by atoms with Crippen LogP contribution in [0, 0.1) is 6.92 Å². The first-order valence-electron chi connectivity index (χ1n) is 7.49. The minimum Gasteiger partial charge on any atom is -0.311 e. The molecule has 0 saturated heterocycles. The molecule has 7 heteroatoms. The Morgan fingerprint density at radius 1 is 1.21 bits per heavy atom. The van der Waals surface area contributed by atoms with Crippen molar-refractivity contribution in [3.05, 3.63) is 68.9 Å². The molecule has 122 valence electrons. The molecule has 3 rings (SSSR count). The van der Waals surface area contributed by atoms with Gasteiger partial charge in [0.2, 0.25) is 5.91 Å². The zero-order valence-corrected chi connectivity index (χ0v) is 13.1. The predicted octanol–water partition coefficient (Wildman–Crippen LogP) is 1.42. The summed E-state index contributed by atoms with van der Waals surface area (Å²) in [5.74, 6) is 0.174. The molecule has 1 amide bonds. The van der Waals surface area contributed by atoms with Crippen LogP contribution < -0.4 is 16.4 Å². The molecule has 2 heterocycles. The van der Waals surface area contributed by atoms with E-state index in [1.165, 1.54) is 0 Å². The van der Waals surface area contributed by atoms with Crippen LogP contribution in [0.3, 0.4) is 0 Å². The van der Waals surface area contributed by atoms with E-state index in [0.717, 1.165) is 10.2 Å². The van der Waals surface area contributed by atoms with E-state index in [9.17, 15) is 14.4 Å². The van der Waals surface area contributed by atoms with Crippen LogP contribution in [0.5, 0.6) is 0 Å². The Labute approximate surface area is 137 Å². The number of nitrogens with zero attached hydrogens (tertiary/aromatic N) is 2. The normalized spacial score (nSPS) is 10.7. The number of H-pyrrole nitrogens is 1. The molecule has 0 unspecified atom stereocenters. The Bertz CT molecular complexity index is 1020. The molecular weight excluding hydrogens is 308 g/mol. The van der Waals surface area contributed by atoms with Crippen molar-refractivity contribution in [1.29, 1.82) is 0 Å². The maximum absolute atomic E-state index is 12.3. The third kappa shape index (κ3) is 3.24. The van der Waals surface area contributed by atoms with Crippen molar-refractivity contribution in [2.45, 2.75) is 19.9 Å². The predicted molar refractivity (Wildman–Crippen MR) is 91.0 cm³/mol. The number of benzene rings is 1. The zero-order chi connectivity index (χ0) is 17.1. The number of carbonyl (C=O) groups excluding carboxylic acids is 1. The van der Waals surface area contributed by atoms with Gasteiger partial charge in [-0.1, -0.05) is 12.1 Å². The van der Waals surface area contributed by atoms with E-state index in [-0.39, 0.29) is 30.0 Å². The maximum atomic E-state index is 12.3. The van der Waals surface area contributed by atoms with Crippen molar-refractivity contribution >= 4 is 22.5 Å². The zero-order valence-electron chi connectivity index (χ0n) is 13.1. The summed E-state index contributed by atoms with van der Waals surface area (Å²) >= 11 is 0. The number of anilines is 1. The molecule has 0 aliphatic rings. The summed E-state index contributed by atoms with van der Waals surface area (Å²) in [6.07, 6.45) is 1.65. The third-order valence-electron chi connectivity index (χ3n) is 3.63. The van der Waals surface area contributed by atoms with E-state index in [1.54, 1.807) is 36.5 Å². The number of carbonyl (C=O) groups is 1. The number of aromatic amines is 1. The fraction of sp³-hybridized carbons (Fsp3) is 0.176. The first-order valence-corrected chi connectivity index (χ1v) is 7.49. The van der Waals surface area contributed by atoms with Gasteiger partial charge >= 0.3 is 0 Å². The summed E-state index contributed by atoms with van der Waals surface area (Å²) in [5, 5.41) is 5.84. The molecule has 0 spiro atoms. The first kappa shape index (κ1) is 15.7. The molecule has 2 aromatic heterocycles. The van der Waals surface area contributed by atoms with Gasteiger partial charge in [0.1, 0.15) is 5.82 Å². The summed E-state index contributed by atoms with van der Waals surface area (Å²) in [6, 6.07) is 10.2. The van der Waals surface area contributed by atoms with Gasteiger partial charge in [0.15, 0.2) is 0 Å². The standard InChI is InChI=1S/C17H16N4O3/c1-11-6-8-18-14(10-11)19-15(22)7-9-21-17(24)13-5-3-2-4-12(13)16(23)20-21/h2-6,8,10H,7,9H2,1H3,(H,20,23)(H,18,19,22). The maximum Gasteiger partial charge on any atom is 0.273 e. The molecule has 1 aromatic carbocycles. The lowest BCUT2D eigenvalue weighted by atomic mass is 10.2. The highest BCUT2D eigenvalue weighted by Gasteiger charge is 2.09. The van der Waals surface area contributed by atoms with Crippen LogP contribution in [0.1, 0.15) is 12.0 Å². The van der Waals surface area contributed by atoms with E-state index >= 15 is 0 Å². The van der Waals surface area contributed by atoms with Gasteiger partial charge in [-0.25, -0.2) is 9.67 Å². The lowest BCUT2D eigenvalue weighted by Gasteiger charge is -2.08. The summed E-state index contributed by atoms with van der Waals surface area (Å²) in [5.41, 5.74) is 0.299. The largest absolute Gasteiger partial charge is 0.311 e. The van der Waals surface area contributed by atoms with Crippen molar-refractivity contribution in [1.82, 2.24) is 14.8 Å². The van der Waals surface area contributed by atoms with Crippen LogP contribution in [0.4, 0.5) is 5.82 Å². The number of amides is 1. The molecule has 0 fully saturated rings.